The minimum Gasteiger partial charge on any atom is -0.508 e. The zero-order chi connectivity index (χ0) is 47.5. The Morgan fingerprint density at radius 1 is 1.06 bits per heavy atom. The van der Waals surface area contributed by atoms with Crippen LogP contribution in [0.4, 0.5) is 0 Å². The number of esters is 3. The number of aliphatic carboxylic acids is 2. The van der Waals surface area contributed by atoms with Crippen LogP contribution in [0, 0.1) is 11.3 Å². The lowest BCUT2D eigenvalue weighted by Gasteiger charge is -2.52. The van der Waals surface area contributed by atoms with Gasteiger partial charge in [0.1, 0.15) is 64.6 Å². The van der Waals surface area contributed by atoms with Gasteiger partial charge in [-0.15, -0.1) is 0 Å². The number of carbonyl (C=O) groups excluding carboxylic acids is 5. The molecule has 0 spiro atoms. The molecule has 23 nitrogen and oxygen atoms in total. The van der Waals surface area contributed by atoms with E-state index in [1.54, 1.807) is 20.8 Å². The maximum absolute atomic E-state index is 14.1. The lowest BCUT2D eigenvalue weighted by Crippen LogP contribution is -2.70. The first-order chi connectivity index (χ1) is 29.3. The summed E-state index contributed by atoms with van der Waals surface area (Å²) >= 11 is 2.03. The van der Waals surface area contributed by atoms with Gasteiger partial charge in [0.15, 0.2) is 35.4 Å². The number of nitrogens with zero attached hydrogens (tertiary/aromatic N) is 1. The molecule has 1 aliphatic carbocycles. The van der Waals surface area contributed by atoms with Crippen LogP contribution < -0.4 is 5.32 Å². The first kappa shape index (κ1) is 51.4. The molecule has 2 saturated heterocycles. The normalized spacial score (nSPS) is 34.4. The number of carboxylic acid groups (broad SMARTS) is 2. The van der Waals surface area contributed by atoms with Gasteiger partial charge in [0.25, 0.3) is 0 Å². The maximum Gasteiger partial charge on any atom is 0.341 e. The van der Waals surface area contributed by atoms with Gasteiger partial charge in [-0.2, -0.15) is 0 Å². The van der Waals surface area contributed by atoms with Crippen molar-refractivity contribution in [2.24, 2.45) is 10.9 Å². The molecule has 25 heteroatoms. The lowest BCUT2D eigenvalue weighted by atomic mass is 9.74. The summed E-state index contributed by atoms with van der Waals surface area (Å²) in [4.78, 5) is 91.4. The van der Waals surface area contributed by atoms with Crippen LogP contribution in [0.25, 0.3) is 0 Å². The van der Waals surface area contributed by atoms with Crippen molar-refractivity contribution in [1.82, 2.24) is 5.32 Å². The molecular weight excluding hydrogens is 883 g/mol. The molecule has 2 fully saturated rings. The van der Waals surface area contributed by atoms with Crippen LogP contribution in [-0.4, -0.2) is 185 Å². The average molecular weight is 936 g/mol. The molecule has 14 atom stereocenters. The number of carboxylic acids is 2. The molecule has 3 aliphatic heterocycles. The highest BCUT2D eigenvalue weighted by Crippen LogP contribution is 2.43. The third kappa shape index (κ3) is 11.2. The van der Waals surface area contributed by atoms with Crippen LogP contribution in [0.2, 0.25) is 0 Å². The fourth-order valence-corrected chi connectivity index (χ4v) is 9.87. The minimum absolute atomic E-state index is 0.161. The Balaban J connectivity index is 1.76. The van der Waals surface area contributed by atoms with E-state index in [9.17, 15) is 64.2 Å². The number of methoxy groups -OCH3 is 1. The summed E-state index contributed by atoms with van der Waals surface area (Å²) in [5, 5.41) is 76.1. The van der Waals surface area contributed by atoms with E-state index in [0.717, 1.165) is 37.4 Å². The Kier molecular flexibility index (Phi) is 16.9. The summed E-state index contributed by atoms with van der Waals surface area (Å²) < 4.78 is 40.8. The Morgan fingerprint density at radius 3 is 2.27 bits per heavy atom. The zero-order valence-electron chi connectivity index (χ0n) is 35.5. The molecule has 0 aromatic carbocycles. The molecule has 3 heterocycles. The quantitative estimate of drug-likeness (QED) is 0.0697. The highest BCUT2D eigenvalue weighted by atomic mass is 32.2. The van der Waals surface area contributed by atoms with Crippen molar-refractivity contribution >= 4 is 75.1 Å². The molecule has 0 aromatic heterocycles. The molecule has 4 aliphatic rings. The van der Waals surface area contributed by atoms with E-state index in [1.807, 2.05) is 0 Å². The van der Waals surface area contributed by atoms with Gasteiger partial charge in [-0.1, -0.05) is 44.3 Å². The fraction of sp³-hybridized carbons (Fsp3) is 0.711. The monoisotopic (exact) mass is 935 g/mol. The van der Waals surface area contributed by atoms with Gasteiger partial charge >= 0.3 is 29.8 Å². The summed E-state index contributed by atoms with van der Waals surface area (Å²) in [5.74, 6) is -9.87. The number of thioether (sulfide) groups is 2. The van der Waals surface area contributed by atoms with Gasteiger partial charge in [0.2, 0.25) is 5.91 Å². The van der Waals surface area contributed by atoms with E-state index in [0.29, 0.717) is 0 Å². The van der Waals surface area contributed by atoms with E-state index in [-0.39, 0.29) is 16.5 Å². The Labute approximate surface area is 369 Å². The summed E-state index contributed by atoms with van der Waals surface area (Å²) in [5.41, 5.74) is -7.53. The number of amides is 1. The third-order valence-corrected chi connectivity index (χ3v) is 13.3. The van der Waals surface area contributed by atoms with Gasteiger partial charge in [-0.3, -0.25) is 29.6 Å². The highest BCUT2D eigenvalue weighted by Gasteiger charge is 2.62. The number of Topliss-reactive ketones (excluding diaryl/α,β-unsaturated/α-hetero) is 1. The van der Waals surface area contributed by atoms with Gasteiger partial charge < -0.3 is 69.1 Å². The molecule has 352 valence electrons. The summed E-state index contributed by atoms with van der Waals surface area (Å²) in [6.45, 7) is 8.99. The summed E-state index contributed by atoms with van der Waals surface area (Å²) in [7, 11) is 1.25. The molecular formula is C38H53N3O20S2. The number of hydrogen-bond donors (Lipinski definition) is 8. The van der Waals surface area contributed by atoms with E-state index < -0.39 is 161 Å². The van der Waals surface area contributed by atoms with E-state index in [4.69, 9.17) is 38.6 Å². The van der Waals surface area contributed by atoms with Gasteiger partial charge in [-0.05, 0) is 13.8 Å². The summed E-state index contributed by atoms with van der Waals surface area (Å²) in [6.07, 6.45) is -16.8. The van der Waals surface area contributed by atoms with Crippen molar-refractivity contribution in [1.29, 1.82) is 5.41 Å². The number of ether oxygens (including phenoxy) is 7. The molecule has 4 rings (SSSR count). The molecule has 0 aromatic rings. The Hall–Kier alpha value is -4.21. The van der Waals surface area contributed by atoms with Crippen LogP contribution >= 0.6 is 23.5 Å². The second-order valence-corrected chi connectivity index (χ2v) is 18.3. The molecule has 8 N–H and O–H groups in total. The van der Waals surface area contributed by atoms with Crippen molar-refractivity contribution in [3.8, 4) is 0 Å². The van der Waals surface area contributed by atoms with Crippen LogP contribution in [0.3, 0.4) is 0 Å². The van der Waals surface area contributed by atoms with Gasteiger partial charge in [0.05, 0.1) is 24.5 Å². The van der Waals surface area contributed by atoms with Crippen molar-refractivity contribution in [2.75, 3.05) is 19.5 Å². The molecule has 0 radical (unpaired) electrons. The van der Waals surface area contributed by atoms with Crippen LogP contribution in [-0.2, 0) is 66.7 Å². The average Bonchev–Trinajstić information content (AvgIpc) is 3.57. The number of ketones is 1. The lowest BCUT2D eigenvalue weighted by molar-refractivity contribution is -0.345. The molecule has 0 saturated carbocycles. The topological polar surface area (TPSA) is 354 Å². The molecule has 1 amide bonds. The maximum atomic E-state index is 14.1. The second-order valence-electron chi connectivity index (χ2n) is 15.7. The number of rotatable bonds is 16. The van der Waals surface area contributed by atoms with E-state index in [1.165, 1.54) is 21.0 Å². The van der Waals surface area contributed by atoms with Crippen LogP contribution in [0.15, 0.2) is 16.3 Å². The largest absolute Gasteiger partial charge is 0.508 e. The number of hydrogen-bond acceptors (Lipinski definition) is 22. The van der Waals surface area contributed by atoms with Crippen molar-refractivity contribution in [3.05, 3.63) is 11.3 Å². The number of carbonyl (C=O) groups is 7. The minimum atomic E-state index is -3.08. The Morgan fingerprint density at radius 2 is 1.71 bits per heavy atom. The summed E-state index contributed by atoms with van der Waals surface area (Å²) in [6, 6.07) is -2.58. The van der Waals surface area contributed by atoms with Crippen molar-refractivity contribution in [3.63, 3.8) is 0 Å². The third-order valence-electron chi connectivity index (χ3n) is 10.9. The first-order valence-corrected chi connectivity index (χ1v) is 21.5. The zero-order valence-corrected chi connectivity index (χ0v) is 37.1. The standard InChI is InChI=1S/C38H53N3O20S2/c1-13(2)34(51)58-16(5)38(54)15(4)57-23(9-22(38)55-8)60-29-27(45)31(37(53)10-20(44)25(39)24(30(37)46)33(49)50)59-21(11-56-18(7)43)28(29)61-35(52)26-14(3)63-36(41-26)62-12-19(32(47)48)40-17(6)42/h13-16,19,21-23,26-29,31,39,45-46,53-54H,9-12H2,1-8H3,(H,40,42)(H,47,48)(H,49,50)/t14-,15-,16-,19-,21-,22+,23-,26-,27-,28-,29+,31-,37+,38-/m1/s1. The smallest absolute Gasteiger partial charge is 0.341 e. The van der Waals surface area contributed by atoms with Gasteiger partial charge in [-0.25, -0.2) is 14.4 Å². The molecule has 0 bridgehead atoms. The number of aliphatic hydroxyl groups is 4. The highest BCUT2D eigenvalue weighted by molar-refractivity contribution is 8.39. The Bertz CT molecular complexity index is 1900. The van der Waals surface area contributed by atoms with E-state index in [2.05, 4.69) is 10.3 Å². The first-order valence-electron chi connectivity index (χ1n) is 19.6. The predicted molar refractivity (Wildman–Crippen MR) is 217 cm³/mol. The van der Waals surface area contributed by atoms with Crippen molar-refractivity contribution < 1.29 is 97.4 Å². The predicted octanol–water partition coefficient (Wildman–Crippen LogP) is -0.754. The molecule has 0 unspecified atom stereocenters. The number of nitrogens with one attached hydrogen (secondary N) is 2. The molecule has 63 heavy (non-hydrogen) atoms. The van der Waals surface area contributed by atoms with Crippen LogP contribution in [0.5, 0.6) is 0 Å². The SMILES string of the molecule is CO[C@H]1C[C@@H](O[C@H]2[C@@H](O)[C@H]([C@]3(O)CC(=O)C(=N)C(C(=O)O)=C3O)O[C@H](COC(C)=O)[C@H]2OC(=O)[C@@H]2N=C(SC[C@@H](NC(C)=O)C(=O)O)S[C@@H]2C)O[C@H](C)[C@@]1(O)[C@@H](C)OC(=O)C(C)C. The number of aliphatic hydroxyl groups excluding tert-OH is 2. The number of aliphatic imine (C=N–C) groups is 1. The van der Waals surface area contributed by atoms with Crippen molar-refractivity contribution in [2.45, 2.75) is 145 Å². The second kappa shape index (κ2) is 20.7. The van der Waals surface area contributed by atoms with Gasteiger partial charge in [0, 0.05) is 38.4 Å². The van der Waals surface area contributed by atoms with Crippen LogP contribution in [0.1, 0.15) is 61.3 Å². The fourth-order valence-electron chi connectivity index (χ4n) is 7.42. The van der Waals surface area contributed by atoms with E-state index >= 15 is 0 Å².